The van der Waals surface area contributed by atoms with E-state index in [0.29, 0.717) is 18.0 Å². The summed E-state index contributed by atoms with van der Waals surface area (Å²) in [5, 5.41) is 0.673. The van der Waals surface area contributed by atoms with E-state index in [1.807, 2.05) is 47.0 Å². The highest BCUT2D eigenvalue weighted by molar-refractivity contribution is 6.31. The predicted octanol–water partition coefficient (Wildman–Crippen LogP) is 3.50. The van der Waals surface area contributed by atoms with Crippen LogP contribution in [-0.4, -0.2) is 9.55 Å². The Kier molecular flexibility index (Phi) is 3.55. The van der Waals surface area contributed by atoms with Crippen molar-refractivity contribution in [2.24, 2.45) is 0 Å². The van der Waals surface area contributed by atoms with Gasteiger partial charge in [-0.15, -0.1) is 6.42 Å². The fourth-order valence-electron chi connectivity index (χ4n) is 2.37. The summed E-state index contributed by atoms with van der Waals surface area (Å²) in [6.45, 7) is 0.489. The molecule has 3 nitrogen and oxygen atoms in total. The van der Waals surface area contributed by atoms with Gasteiger partial charge in [0.1, 0.15) is 5.82 Å². The number of fused-ring (bicyclic) bond motifs is 1. The van der Waals surface area contributed by atoms with Crippen molar-refractivity contribution in [1.29, 1.82) is 0 Å². The number of aromatic nitrogens is 2. The molecule has 0 aliphatic carbocycles. The van der Waals surface area contributed by atoms with Gasteiger partial charge in [0.25, 0.3) is 0 Å². The third-order valence-corrected chi connectivity index (χ3v) is 3.62. The normalized spacial score (nSPS) is 10.7. The number of terminal acetylenes is 1. The Bertz CT molecular complexity index is 826. The fourth-order valence-corrected chi connectivity index (χ4v) is 2.54. The van der Waals surface area contributed by atoms with Crippen LogP contribution in [-0.2, 0) is 13.0 Å². The van der Waals surface area contributed by atoms with Crippen molar-refractivity contribution >= 4 is 28.3 Å². The molecule has 0 fully saturated rings. The van der Waals surface area contributed by atoms with Crippen molar-refractivity contribution in [3.8, 4) is 12.3 Å². The number of nitrogens with zero attached hydrogens (tertiary/aromatic N) is 2. The van der Waals surface area contributed by atoms with Crippen molar-refractivity contribution in [3.05, 3.63) is 58.9 Å². The number of rotatable bonds is 3. The number of nitrogen functional groups attached to an aromatic ring is 1. The Hall–Kier alpha value is -2.44. The lowest BCUT2D eigenvalue weighted by Gasteiger charge is -2.06. The standard InChI is InChI=1S/C17H14ClN3/c1-2-9-21-16-8-5-13(18)11-15(16)20-17(21)10-12-3-6-14(19)7-4-12/h1,3-8,11H,9-10,19H2. The molecule has 2 N–H and O–H groups in total. The second-order valence-electron chi connectivity index (χ2n) is 4.87. The van der Waals surface area contributed by atoms with Gasteiger partial charge in [-0.2, -0.15) is 0 Å². The molecule has 0 saturated carbocycles. The molecule has 0 aliphatic rings. The van der Waals surface area contributed by atoms with E-state index >= 15 is 0 Å². The molecule has 0 amide bonds. The Labute approximate surface area is 128 Å². The quantitative estimate of drug-likeness (QED) is 0.594. The van der Waals surface area contributed by atoms with Gasteiger partial charge in [0.05, 0.1) is 17.6 Å². The average molecular weight is 296 g/mol. The lowest BCUT2D eigenvalue weighted by Crippen LogP contribution is -2.03. The Balaban J connectivity index is 2.06. The third kappa shape index (κ3) is 2.72. The molecule has 1 aromatic heterocycles. The van der Waals surface area contributed by atoms with Crippen LogP contribution in [0.2, 0.25) is 5.02 Å². The molecule has 1 heterocycles. The minimum atomic E-state index is 0.489. The predicted molar refractivity (Wildman–Crippen MR) is 87.2 cm³/mol. The molecule has 0 atom stereocenters. The Morgan fingerprint density at radius 2 is 1.95 bits per heavy atom. The first kappa shape index (κ1) is 13.5. The lowest BCUT2D eigenvalue weighted by atomic mass is 10.1. The van der Waals surface area contributed by atoms with Crippen LogP contribution >= 0.6 is 11.6 Å². The first-order valence-corrected chi connectivity index (χ1v) is 6.98. The van der Waals surface area contributed by atoms with E-state index in [0.717, 1.165) is 28.1 Å². The molecule has 3 rings (SSSR count). The second-order valence-corrected chi connectivity index (χ2v) is 5.31. The molecule has 4 heteroatoms. The van der Waals surface area contributed by atoms with Gasteiger partial charge in [0.2, 0.25) is 0 Å². The van der Waals surface area contributed by atoms with Crippen LogP contribution < -0.4 is 5.73 Å². The van der Waals surface area contributed by atoms with Crippen LogP contribution in [0.4, 0.5) is 5.69 Å². The van der Waals surface area contributed by atoms with Gasteiger partial charge >= 0.3 is 0 Å². The molecule has 0 aliphatic heterocycles. The number of benzene rings is 2. The topological polar surface area (TPSA) is 43.8 Å². The van der Waals surface area contributed by atoms with Crippen LogP contribution in [0.15, 0.2) is 42.5 Å². The fraction of sp³-hybridized carbons (Fsp3) is 0.118. The molecule has 0 radical (unpaired) electrons. The second kappa shape index (κ2) is 5.51. The summed E-state index contributed by atoms with van der Waals surface area (Å²) in [6.07, 6.45) is 6.18. The lowest BCUT2D eigenvalue weighted by molar-refractivity contribution is 0.794. The van der Waals surface area contributed by atoms with Crippen LogP contribution in [0.5, 0.6) is 0 Å². The van der Waals surface area contributed by atoms with Crippen molar-refractivity contribution in [2.45, 2.75) is 13.0 Å². The summed E-state index contributed by atoms with van der Waals surface area (Å²) in [7, 11) is 0. The summed E-state index contributed by atoms with van der Waals surface area (Å²) in [6, 6.07) is 13.4. The van der Waals surface area contributed by atoms with E-state index in [1.165, 1.54) is 0 Å². The van der Waals surface area contributed by atoms with Crippen molar-refractivity contribution < 1.29 is 0 Å². The van der Waals surface area contributed by atoms with Gasteiger partial charge in [-0.25, -0.2) is 4.98 Å². The summed E-state index contributed by atoms with van der Waals surface area (Å²) in [5.41, 5.74) is 9.48. The first-order chi connectivity index (χ1) is 10.2. The van der Waals surface area contributed by atoms with Crippen LogP contribution in [0.25, 0.3) is 11.0 Å². The summed E-state index contributed by atoms with van der Waals surface area (Å²) in [4.78, 5) is 4.66. The summed E-state index contributed by atoms with van der Waals surface area (Å²) < 4.78 is 2.04. The highest BCUT2D eigenvalue weighted by atomic mass is 35.5. The average Bonchev–Trinajstić information content (AvgIpc) is 2.79. The summed E-state index contributed by atoms with van der Waals surface area (Å²) >= 11 is 6.03. The molecule has 0 bridgehead atoms. The maximum atomic E-state index is 6.03. The summed E-state index contributed by atoms with van der Waals surface area (Å²) in [5.74, 6) is 3.61. The number of nitrogens with two attached hydrogens (primary N) is 1. The van der Waals surface area contributed by atoms with Crippen molar-refractivity contribution in [1.82, 2.24) is 9.55 Å². The first-order valence-electron chi connectivity index (χ1n) is 6.60. The highest BCUT2D eigenvalue weighted by Crippen LogP contribution is 2.22. The minimum absolute atomic E-state index is 0.489. The number of hydrogen-bond acceptors (Lipinski definition) is 2. The van der Waals surface area contributed by atoms with E-state index in [9.17, 15) is 0 Å². The zero-order chi connectivity index (χ0) is 14.8. The number of hydrogen-bond donors (Lipinski definition) is 1. The highest BCUT2D eigenvalue weighted by Gasteiger charge is 2.11. The van der Waals surface area contributed by atoms with E-state index in [1.54, 1.807) is 0 Å². The molecule has 3 aromatic rings. The molecule has 0 spiro atoms. The Morgan fingerprint density at radius 3 is 2.67 bits per heavy atom. The number of imidazole rings is 1. The van der Waals surface area contributed by atoms with Gasteiger partial charge in [0.15, 0.2) is 0 Å². The van der Waals surface area contributed by atoms with Gasteiger partial charge in [-0.3, -0.25) is 0 Å². The van der Waals surface area contributed by atoms with E-state index in [-0.39, 0.29) is 0 Å². The van der Waals surface area contributed by atoms with Crippen LogP contribution in [0, 0.1) is 12.3 Å². The molecular formula is C17H14ClN3. The maximum Gasteiger partial charge on any atom is 0.115 e. The number of anilines is 1. The van der Waals surface area contributed by atoms with Crippen molar-refractivity contribution in [3.63, 3.8) is 0 Å². The van der Waals surface area contributed by atoms with Gasteiger partial charge in [-0.1, -0.05) is 29.7 Å². The van der Waals surface area contributed by atoms with E-state index < -0.39 is 0 Å². The minimum Gasteiger partial charge on any atom is -0.399 e. The zero-order valence-electron chi connectivity index (χ0n) is 11.4. The number of halogens is 1. The van der Waals surface area contributed by atoms with Crippen LogP contribution in [0.3, 0.4) is 0 Å². The van der Waals surface area contributed by atoms with Crippen LogP contribution in [0.1, 0.15) is 11.4 Å². The largest absolute Gasteiger partial charge is 0.399 e. The van der Waals surface area contributed by atoms with Gasteiger partial charge in [0, 0.05) is 17.1 Å². The maximum absolute atomic E-state index is 6.03. The Morgan fingerprint density at radius 1 is 1.19 bits per heavy atom. The van der Waals surface area contributed by atoms with Crippen molar-refractivity contribution in [2.75, 3.05) is 5.73 Å². The van der Waals surface area contributed by atoms with E-state index in [2.05, 4.69) is 10.9 Å². The monoisotopic (exact) mass is 295 g/mol. The third-order valence-electron chi connectivity index (χ3n) is 3.38. The molecule has 0 unspecified atom stereocenters. The van der Waals surface area contributed by atoms with Gasteiger partial charge in [-0.05, 0) is 35.9 Å². The smallest absolute Gasteiger partial charge is 0.115 e. The molecule has 0 saturated heterocycles. The molecule has 21 heavy (non-hydrogen) atoms. The SMILES string of the molecule is C#CCn1c(Cc2ccc(N)cc2)nc2cc(Cl)ccc21. The molecule has 2 aromatic carbocycles. The van der Waals surface area contributed by atoms with E-state index in [4.69, 9.17) is 23.8 Å². The zero-order valence-corrected chi connectivity index (χ0v) is 12.1. The van der Waals surface area contributed by atoms with Gasteiger partial charge < -0.3 is 10.3 Å². The molecular weight excluding hydrogens is 282 g/mol. The molecule has 104 valence electrons.